The zero-order chi connectivity index (χ0) is 15.5. The largest absolute Gasteiger partial charge is 0.350 e. The molecular formula is C18H17ClN2O. The van der Waals surface area contributed by atoms with Crippen molar-refractivity contribution in [3.05, 3.63) is 70.9 Å². The van der Waals surface area contributed by atoms with Crippen LogP contribution in [0.15, 0.2) is 54.6 Å². The number of nitrogens with one attached hydrogen (secondary N) is 1. The van der Waals surface area contributed by atoms with Crippen molar-refractivity contribution in [2.75, 3.05) is 0 Å². The number of aromatic nitrogens is 1. The van der Waals surface area contributed by atoms with Gasteiger partial charge in [-0.2, -0.15) is 0 Å². The third kappa shape index (κ3) is 3.15. The first kappa shape index (κ1) is 14.7. The monoisotopic (exact) mass is 312 g/mol. The smallest absolute Gasteiger partial charge is 0.240 e. The van der Waals surface area contributed by atoms with E-state index >= 15 is 0 Å². The summed E-state index contributed by atoms with van der Waals surface area (Å²) in [5.41, 5.74) is 3.20. The summed E-state index contributed by atoms with van der Waals surface area (Å²) in [4.78, 5) is 12.2. The summed E-state index contributed by atoms with van der Waals surface area (Å²) in [6.45, 7) is 2.85. The van der Waals surface area contributed by atoms with Gasteiger partial charge in [0, 0.05) is 22.8 Å². The summed E-state index contributed by atoms with van der Waals surface area (Å²) in [7, 11) is 0. The SMILES string of the molecule is Cc1cc2ccccc2n1CC(=O)NCc1ccc(Cl)cc1. The van der Waals surface area contributed by atoms with Crippen LogP contribution in [0.5, 0.6) is 0 Å². The molecule has 0 unspecified atom stereocenters. The molecule has 0 aliphatic carbocycles. The summed E-state index contributed by atoms with van der Waals surface area (Å²) in [6, 6.07) is 17.7. The van der Waals surface area contributed by atoms with Gasteiger partial charge in [0.15, 0.2) is 0 Å². The highest BCUT2D eigenvalue weighted by molar-refractivity contribution is 6.30. The Bertz CT molecular complexity index is 806. The number of fused-ring (bicyclic) bond motifs is 1. The second kappa shape index (κ2) is 6.24. The Labute approximate surface area is 134 Å². The third-order valence-electron chi connectivity index (χ3n) is 3.72. The molecule has 0 bridgehead atoms. The normalized spacial score (nSPS) is 10.8. The quantitative estimate of drug-likeness (QED) is 0.778. The summed E-state index contributed by atoms with van der Waals surface area (Å²) in [6.07, 6.45) is 0. The van der Waals surface area contributed by atoms with E-state index in [2.05, 4.69) is 17.4 Å². The molecule has 4 heteroatoms. The predicted octanol–water partition coefficient (Wildman–Crippen LogP) is 3.92. The fourth-order valence-electron chi connectivity index (χ4n) is 2.56. The van der Waals surface area contributed by atoms with Gasteiger partial charge in [-0.1, -0.05) is 41.9 Å². The van der Waals surface area contributed by atoms with Gasteiger partial charge in [-0.25, -0.2) is 0 Å². The van der Waals surface area contributed by atoms with Crippen molar-refractivity contribution in [3.8, 4) is 0 Å². The molecule has 0 aliphatic rings. The van der Waals surface area contributed by atoms with E-state index in [9.17, 15) is 4.79 Å². The van der Waals surface area contributed by atoms with Crippen LogP contribution >= 0.6 is 11.6 Å². The number of aryl methyl sites for hydroxylation is 1. The number of carbonyl (C=O) groups excluding carboxylic acids is 1. The molecular weight excluding hydrogens is 296 g/mol. The molecule has 112 valence electrons. The number of para-hydroxylation sites is 1. The first-order chi connectivity index (χ1) is 10.6. The standard InChI is InChI=1S/C18H17ClN2O/c1-13-10-15-4-2-3-5-17(15)21(13)12-18(22)20-11-14-6-8-16(19)9-7-14/h2-10H,11-12H2,1H3,(H,20,22). The molecule has 22 heavy (non-hydrogen) atoms. The molecule has 3 aromatic rings. The molecule has 1 amide bonds. The first-order valence-electron chi connectivity index (χ1n) is 7.19. The molecule has 1 heterocycles. The lowest BCUT2D eigenvalue weighted by atomic mass is 10.2. The molecule has 0 aliphatic heterocycles. The van der Waals surface area contributed by atoms with Crippen LogP contribution in [0.2, 0.25) is 5.02 Å². The Morgan fingerprint density at radius 2 is 1.86 bits per heavy atom. The topological polar surface area (TPSA) is 34.0 Å². The van der Waals surface area contributed by atoms with E-state index in [1.807, 2.05) is 54.0 Å². The maximum atomic E-state index is 12.2. The van der Waals surface area contributed by atoms with Crippen molar-refractivity contribution < 1.29 is 4.79 Å². The Hall–Kier alpha value is -2.26. The Kier molecular flexibility index (Phi) is 4.16. The number of amides is 1. The van der Waals surface area contributed by atoms with Crippen molar-refractivity contribution in [1.82, 2.24) is 9.88 Å². The average Bonchev–Trinajstić information content (AvgIpc) is 2.83. The zero-order valence-electron chi connectivity index (χ0n) is 12.3. The van der Waals surface area contributed by atoms with E-state index in [4.69, 9.17) is 11.6 Å². The van der Waals surface area contributed by atoms with Gasteiger partial charge in [-0.15, -0.1) is 0 Å². The highest BCUT2D eigenvalue weighted by atomic mass is 35.5. The van der Waals surface area contributed by atoms with Crippen LogP contribution in [0.25, 0.3) is 10.9 Å². The number of nitrogens with zero attached hydrogens (tertiary/aromatic N) is 1. The summed E-state index contributed by atoms with van der Waals surface area (Å²) in [5, 5.41) is 4.80. The number of benzene rings is 2. The van der Waals surface area contributed by atoms with Crippen molar-refractivity contribution in [3.63, 3.8) is 0 Å². The van der Waals surface area contributed by atoms with Crippen LogP contribution < -0.4 is 5.32 Å². The van der Waals surface area contributed by atoms with E-state index < -0.39 is 0 Å². The number of carbonyl (C=O) groups is 1. The fraction of sp³-hybridized carbons (Fsp3) is 0.167. The summed E-state index contributed by atoms with van der Waals surface area (Å²) in [5.74, 6) is -0.000553. The molecule has 1 aromatic heterocycles. The molecule has 0 radical (unpaired) electrons. The van der Waals surface area contributed by atoms with Crippen LogP contribution in [0, 0.1) is 6.92 Å². The second-order valence-electron chi connectivity index (χ2n) is 5.33. The van der Waals surface area contributed by atoms with Gasteiger partial charge >= 0.3 is 0 Å². The van der Waals surface area contributed by atoms with Crippen molar-refractivity contribution >= 4 is 28.4 Å². The lowest BCUT2D eigenvalue weighted by molar-refractivity contribution is -0.121. The van der Waals surface area contributed by atoms with Crippen LogP contribution in [-0.4, -0.2) is 10.5 Å². The zero-order valence-corrected chi connectivity index (χ0v) is 13.1. The fourth-order valence-corrected chi connectivity index (χ4v) is 2.69. The number of hydrogen-bond donors (Lipinski definition) is 1. The van der Waals surface area contributed by atoms with Crippen LogP contribution in [0.4, 0.5) is 0 Å². The van der Waals surface area contributed by atoms with Crippen LogP contribution in [0.3, 0.4) is 0 Å². The van der Waals surface area contributed by atoms with Crippen LogP contribution in [-0.2, 0) is 17.9 Å². The van der Waals surface area contributed by atoms with Gasteiger partial charge in [0.05, 0.1) is 0 Å². The van der Waals surface area contributed by atoms with Gasteiger partial charge < -0.3 is 9.88 Å². The molecule has 2 aromatic carbocycles. The van der Waals surface area contributed by atoms with E-state index in [1.54, 1.807) is 0 Å². The lowest BCUT2D eigenvalue weighted by Crippen LogP contribution is -2.27. The number of rotatable bonds is 4. The highest BCUT2D eigenvalue weighted by Crippen LogP contribution is 2.18. The van der Waals surface area contributed by atoms with Gasteiger partial charge in [0.25, 0.3) is 0 Å². The minimum atomic E-state index is -0.000553. The third-order valence-corrected chi connectivity index (χ3v) is 3.97. The van der Waals surface area contributed by atoms with Gasteiger partial charge in [0.1, 0.15) is 6.54 Å². The minimum Gasteiger partial charge on any atom is -0.350 e. The van der Waals surface area contributed by atoms with Crippen molar-refractivity contribution in [2.45, 2.75) is 20.0 Å². The van der Waals surface area contributed by atoms with Gasteiger partial charge in [0.2, 0.25) is 5.91 Å². The molecule has 0 saturated heterocycles. The van der Waals surface area contributed by atoms with E-state index in [-0.39, 0.29) is 5.91 Å². The molecule has 1 N–H and O–H groups in total. The van der Waals surface area contributed by atoms with E-state index in [1.165, 1.54) is 0 Å². The van der Waals surface area contributed by atoms with Gasteiger partial charge in [-0.3, -0.25) is 4.79 Å². The highest BCUT2D eigenvalue weighted by Gasteiger charge is 2.09. The molecule has 3 rings (SSSR count). The summed E-state index contributed by atoms with van der Waals surface area (Å²) < 4.78 is 2.03. The molecule has 3 nitrogen and oxygen atoms in total. The van der Waals surface area contributed by atoms with Crippen LogP contribution in [0.1, 0.15) is 11.3 Å². The minimum absolute atomic E-state index is 0.000553. The lowest BCUT2D eigenvalue weighted by Gasteiger charge is -2.09. The average molecular weight is 313 g/mol. The first-order valence-corrected chi connectivity index (χ1v) is 7.57. The second-order valence-corrected chi connectivity index (χ2v) is 5.77. The van der Waals surface area contributed by atoms with Crippen molar-refractivity contribution in [1.29, 1.82) is 0 Å². The number of hydrogen-bond acceptors (Lipinski definition) is 1. The van der Waals surface area contributed by atoms with Crippen molar-refractivity contribution in [2.24, 2.45) is 0 Å². The number of halogens is 1. The predicted molar refractivity (Wildman–Crippen MR) is 90.0 cm³/mol. The maximum absolute atomic E-state index is 12.2. The van der Waals surface area contributed by atoms with Gasteiger partial charge in [-0.05, 0) is 42.1 Å². The van der Waals surface area contributed by atoms with E-state index in [0.29, 0.717) is 18.1 Å². The Morgan fingerprint density at radius 1 is 1.14 bits per heavy atom. The molecule has 0 atom stereocenters. The molecule has 0 spiro atoms. The Morgan fingerprint density at radius 3 is 2.64 bits per heavy atom. The van der Waals surface area contributed by atoms with E-state index in [0.717, 1.165) is 22.2 Å². The molecule has 0 saturated carbocycles. The summed E-state index contributed by atoms with van der Waals surface area (Å²) >= 11 is 5.85. The maximum Gasteiger partial charge on any atom is 0.240 e. The Balaban J connectivity index is 1.68. The molecule has 0 fully saturated rings.